The molecule has 122 valence electrons. The Morgan fingerprint density at radius 3 is 2.19 bits per heavy atom. The molecule has 0 aromatic heterocycles. The number of rotatable bonds is 7. The molecule has 1 atom stereocenters. The lowest BCUT2D eigenvalue weighted by atomic mass is 10.2. The highest BCUT2D eigenvalue weighted by Gasteiger charge is 2.26. The van der Waals surface area contributed by atoms with E-state index in [-0.39, 0.29) is 19.8 Å². The standard InChI is InChI=1S/C13H23NO7/c1-9(15)20-8-10(11(16)19-7-6-18-5)14-12(17)21-13(2,3)4/h10H,6-8H2,1-5H3,(H,14,17). The molecule has 0 aliphatic heterocycles. The van der Waals surface area contributed by atoms with Gasteiger partial charge in [0.15, 0.2) is 6.04 Å². The van der Waals surface area contributed by atoms with Crippen LogP contribution in [-0.4, -0.2) is 56.6 Å². The van der Waals surface area contributed by atoms with Crippen molar-refractivity contribution < 1.29 is 33.3 Å². The van der Waals surface area contributed by atoms with Crippen LogP contribution >= 0.6 is 0 Å². The number of ether oxygens (including phenoxy) is 4. The van der Waals surface area contributed by atoms with Crippen molar-refractivity contribution in [1.82, 2.24) is 5.32 Å². The van der Waals surface area contributed by atoms with Gasteiger partial charge in [-0.05, 0) is 20.8 Å². The first-order valence-electron chi connectivity index (χ1n) is 6.44. The van der Waals surface area contributed by atoms with Crippen molar-refractivity contribution in [2.24, 2.45) is 0 Å². The van der Waals surface area contributed by atoms with Crippen LogP contribution in [0.5, 0.6) is 0 Å². The second kappa shape index (κ2) is 9.17. The van der Waals surface area contributed by atoms with E-state index in [9.17, 15) is 14.4 Å². The minimum Gasteiger partial charge on any atom is -0.463 e. The Kier molecular flexibility index (Phi) is 8.37. The average Bonchev–Trinajstić information content (AvgIpc) is 2.32. The number of hydrogen-bond donors (Lipinski definition) is 1. The third kappa shape index (κ3) is 10.6. The van der Waals surface area contributed by atoms with Crippen molar-refractivity contribution in [2.75, 3.05) is 26.9 Å². The topological polar surface area (TPSA) is 100 Å². The maximum atomic E-state index is 11.8. The number of esters is 2. The van der Waals surface area contributed by atoms with Crippen LogP contribution in [0, 0.1) is 0 Å². The zero-order valence-electron chi connectivity index (χ0n) is 13.1. The molecule has 1 N–H and O–H groups in total. The van der Waals surface area contributed by atoms with Gasteiger partial charge in [-0.15, -0.1) is 0 Å². The van der Waals surface area contributed by atoms with Crippen molar-refractivity contribution in [3.8, 4) is 0 Å². The summed E-state index contributed by atoms with van der Waals surface area (Å²) in [6, 6.07) is -1.14. The molecule has 0 aromatic carbocycles. The van der Waals surface area contributed by atoms with Gasteiger partial charge in [-0.3, -0.25) is 4.79 Å². The third-order valence-corrected chi connectivity index (χ3v) is 1.96. The molecule has 0 rings (SSSR count). The summed E-state index contributed by atoms with van der Waals surface area (Å²) >= 11 is 0. The van der Waals surface area contributed by atoms with Gasteiger partial charge in [-0.1, -0.05) is 0 Å². The van der Waals surface area contributed by atoms with Gasteiger partial charge < -0.3 is 24.3 Å². The summed E-state index contributed by atoms with van der Waals surface area (Å²) in [6.45, 7) is 6.17. The van der Waals surface area contributed by atoms with E-state index in [1.807, 2.05) is 0 Å². The SMILES string of the molecule is COCCOC(=O)C(COC(C)=O)NC(=O)OC(C)(C)C. The Balaban J connectivity index is 4.53. The molecule has 1 unspecified atom stereocenters. The van der Waals surface area contributed by atoms with E-state index in [1.54, 1.807) is 20.8 Å². The molecule has 0 fully saturated rings. The maximum Gasteiger partial charge on any atom is 0.408 e. The van der Waals surface area contributed by atoms with Gasteiger partial charge in [0.2, 0.25) is 0 Å². The van der Waals surface area contributed by atoms with E-state index in [2.05, 4.69) is 5.32 Å². The van der Waals surface area contributed by atoms with Gasteiger partial charge in [0, 0.05) is 14.0 Å². The van der Waals surface area contributed by atoms with Crippen LogP contribution in [0.2, 0.25) is 0 Å². The third-order valence-electron chi connectivity index (χ3n) is 1.96. The fraction of sp³-hybridized carbons (Fsp3) is 0.769. The average molecular weight is 305 g/mol. The van der Waals surface area contributed by atoms with Crippen molar-refractivity contribution in [3.63, 3.8) is 0 Å². The molecule has 0 bridgehead atoms. The molecule has 0 spiro atoms. The summed E-state index contributed by atoms with van der Waals surface area (Å²) in [5, 5.41) is 2.30. The molecule has 0 radical (unpaired) electrons. The highest BCUT2D eigenvalue weighted by molar-refractivity contribution is 5.82. The van der Waals surface area contributed by atoms with Crippen LogP contribution in [0.15, 0.2) is 0 Å². The van der Waals surface area contributed by atoms with Gasteiger partial charge in [0.25, 0.3) is 0 Å². The number of alkyl carbamates (subject to hydrolysis) is 1. The Bertz CT molecular complexity index is 362. The van der Waals surface area contributed by atoms with E-state index in [0.29, 0.717) is 0 Å². The maximum absolute atomic E-state index is 11.8. The minimum atomic E-state index is -1.14. The first kappa shape index (κ1) is 19.2. The predicted octanol–water partition coefficient (Wildman–Crippen LogP) is 0.632. The Hall–Kier alpha value is -1.83. The van der Waals surface area contributed by atoms with Gasteiger partial charge in [0.1, 0.15) is 18.8 Å². The molecule has 0 aromatic rings. The molecule has 8 heteroatoms. The summed E-state index contributed by atoms with van der Waals surface area (Å²) in [7, 11) is 1.46. The van der Waals surface area contributed by atoms with Crippen LogP contribution in [-0.2, 0) is 28.5 Å². The van der Waals surface area contributed by atoms with Crippen molar-refractivity contribution >= 4 is 18.0 Å². The van der Waals surface area contributed by atoms with Crippen LogP contribution in [0.4, 0.5) is 4.79 Å². The fourth-order valence-corrected chi connectivity index (χ4v) is 1.15. The molecule has 0 aliphatic carbocycles. The van der Waals surface area contributed by atoms with E-state index in [1.165, 1.54) is 14.0 Å². The van der Waals surface area contributed by atoms with Crippen LogP contribution < -0.4 is 5.32 Å². The van der Waals surface area contributed by atoms with Crippen molar-refractivity contribution in [2.45, 2.75) is 39.3 Å². The van der Waals surface area contributed by atoms with E-state index >= 15 is 0 Å². The molecule has 0 aliphatic rings. The van der Waals surface area contributed by atoms with Crippen LogP contribution in [0.1, 0.15) is 27.7 Å². The van der Waals surface area contributed by atoms with Gasteiger partial charge >= 0.3 is 18.0 Å². The fourth-order valence-electron chi connectivity index (χ4n) is 1.15. The molecular formula is C13H23NO7. The normalized spacial score (nSPS) is 12.2. The van der Waals surface area contributed by atoms with Crippen LogP contribution in [0.3, 0.4) is 0 Å². The summed E-state index contributed by atoms with van der Waals surface area (Å²) in [4.78, 5) is 34.2. The second-order valence-corrected chi connectivity index (χ2v) is 5.16. The van der Waals surface area contributed by atoms with Crippen molar-refractivity contribution in [1.29, 1.82) is 0 Å². The smallest absolute Gasteiger partial charge is 0.408 e. The number of hydrogen-bond acceptors (Lipinski definition) is 7. The summed E-state index contributed by atoms with van der Waals surface area (Å²) in [5.41, 5.74) is -0.712. The lowest BCUT2D eigenvalue weighted by Crippen LogP contribution is -2.47. The Morgan fingerprint density at radius 1 is 1.10 bits per heavy atom. The molecule has 0 saturated heterocycles. The van der Waals surface area contributed by atoms with Gasteiger partial charge in [-0.25, -0.2) is 9.59 Å². The number of amides is 1. The zero-order valence-corrected chi connectivity index (χ0v) is 13.1. The lowest BCUT2D eigenvalue weighted by Gasteiger charge is -2.22. The van der Waals surface area contributed by atoms with Gasteiger partial charge in [-0.2, -0.15) is 0 Å². The summed E-state index contributed by atoms with van der Waals surface area (Å²) in [5.74, 6) is -1.31. The van der Waals surface area contributed by atoms with Crippen LogP contribution in [0.25, 0.3) is 0 Å². The monoisotopic (exact) mass is 305 g/mol. The number of nitrogens with one attached hydrogen (secondary N) is 1. The number of carbonyl (C=O) groups excluding carboxylic acids is 3. The van der Waals surface area contributed by atoms with E-state index in [0.717, 1.165) is 0 Å². The van der Waals surface area contributed by atoms with Gasteiger partial charge in [0.05, 0.1) is 6.61 Å². The predicted molar refractivity (Wildman–Crippen MR) is 72.6 cm³/mol. The molecule has 1 amide bonds. The molecule has 0 heterocycles. The first-order chi connectivity index (χ1) is 9.65. The van der Waals surface area contributed by atoms with Crippen molar-refractivity contribution in [3.05, 3.63) is 0 Å². The second-order valence-electron chi connectivity index (χ2n) is 5.16. The molecule has 8 nitrogen and oxygen atoms in total. The highest BCUT2D eigenvalue weighted by atomic mass is 16.6. The Morgan fingerprint density at radius 2 is 1.71 bits per heavy atom. The Labute approximate surface area is 124 Å². The van der Waals surface area contributed by atoms with E-state index in [4.69, 9.17) is 18.9 Å². The lowest BCUT2D eigenvalue weighted by molar-refractivity contribution is -0.152. The zero-order chi connectivity index (χ0) is 16.5. The molecule has 21 heavy (non-hydrogen) atoms. The minimum absolute atomic E-state index is 0.0297. The summed E-state index contributed by atoms with van der Waals surface area (Å²) < 4.78 is 19.4. The van der Waals surface area contributed by atoms with E-state index < -0.39 is 29.7 Å². The summed E-state index contributed by atoms with van der Waals surface area (Å²) in [6.07, 6.45) is -0.802. The number of carbonyl (C=O) groups is 3. The quantitative estimate of drug-likeness (QED) is 0.418. The molecular weight excluding hydrogens is 282 g/mol. The molecule has 0 saturated carbocycles. The first-order valence-corrected chi connectivity index (χ1v) is 6.44. The highest BCUT2D eigenvalue weighted by Crippen LogP contribution is 2.07. The largest absolute Gasteiger partial charge is 0.463 e. The number of methoxy groups -OCH3 is 1.